The molecule has 2 aromatic rings. The number of aromatic nitrogens is 2. The number of phenols is 1. The van der Waals surface area contributed by atoms with Gasteiger partial charge in [0.1, 0.15) is 11.4 Å². The molecule has 0 bridgehead atoms. The molecule has 0 saturated carbocycles. The van der Waals surface area contributed by atoms with Crippen LogP contribution in [0.5, 0.6) is 11.6 Å². The number of hydrogen-bond acceptors (Lipinski definition) is 4. The van der Waals surface area contributed by atoms with Gasteiger partial charge in [-0.05, 0) is 18.6 Å². The molecule has 6 heteroatoms. The van der Waals surface area contributed by atoms with Crippen LogP contribution < -0.4 is 4.74 Å². The molecule has 0 fully saturated rings. The van der Waals surface area contributed by atoms with Crippen LogP contribution in [-0.4, -0.2) is 33.1 Å². The van der Waals surface area contributed by atoms with Crippen molar-refractivity contribution in [3.8, 4) is 17.3 Å². The van der Waals surface area contributed by atoms with E-state index in [4.69, 9.17) is 9.84 Å². The summed E-state index contributed by atoms with van der Waals surface area (Å²) in [5, 5.41) is 23.3. The summed E-state index contributed by atoms with van der Waals surface area (Å²) in [6.45, 7) is 1.89. The molecule has 0 atom stereocenters. The molecule has 0 spiro atoms. The van der Waals surface area contributed by atoms with Crippen molar-refractivity contribution < 1.29 is 19.7 Å². The molecule has 0 amide bonds. The molecule has 2 N–H and O–H groups in total. The van der Waals surface area contributed by atoms with Gasteiger partial charge < -0.3 is 14.9 Å². The Bertz CT molecular complexity index is 634. The van der Waals surface area contributed by atoms with E-state index in [9.17, 15) is 9.90 Å². The number of rotatable bonds is 5. The molecule has 20 heavy (non-hydrogen) atoms. The van der Waals surface area contributed by atoms with Gasteiger partial charge in [-0.3, -0.25) is 4.79 Å². The van der Waals surface area contributed by atoms with Crippen molar-refractivity contribution in [3.05, 3.63) is 35.5 Å². The minimum atomic E-state index is -0.949. The summed E-state index contributed by atoms with van der Waals surface area (Å²) in [6.07, 6.45) is 0.416. The average molecular weight is 276 g/mol. The lowest BCUT2D eigenvalue weighted by atomic mass is 10.1. The van der Waals surface area contributed by atoms with Crippen molar-refractivity contribution >= 4 is 5.97 Å². The van der Waals surface area contributed by atoms with Gasteiger partial charge in [0.15, 0.2) is 0 Å². The first-order valence-corrected chi connectivity index (χ1v) is 6.23. The number of carboxylic acid groups (broad SMARTS) is 1. The van der Waals surface area contributed by atoms with E-state index in [0.717, 1.165) is 0 Å². The fraction of sp³-hybridized carbons (Fsp3) is 0.286. The van der Waals surface area contributed by atoms with Crippen molar-refractivity contribution in [1.82, 2.24) is 9.78 Å². The number of ether oxygens (including phenoxy) is 1. The fourth-order valence-corrected chi connectivity index (χ4v) is 2.11. The van der Waals surface area contributed by atoms with Gasteiger partial charge in [0, 0.05) is 5.56 Å². The van der Waals surface area contributed by atoms with Crippen LogP contribution in [0.15, 0.2) is 24.3 Å². The molecule has 1 heterocycles. The van der Waals surface area contributed by atoms with Crippen molar-refractivity contribution in [2.45, 2.75) is 19.8 Å². The second-order valence-corrected chi connectivity index (χ2v) is 4.26. The first kappa shape index (κ1) is 13.9. The van der Waals surface area contributed by atoms with Gasteiger partial charge in [-0.25, -0.2) is 0 Å². The Morgan fingerprint density at radius 3 is 2.65 bits per heavy atom. The first-order valence-electron chi connectivity index (χ1n) is 6.23. The molecule has 0 saturated heterocycles. The number of carboxylic acids is 1. The molecule has 0 radical (unpaired) electrons. The van der Waals surface area contributed by atoms with E-state index in [1.165, 1.54) is 11.8 Å². The molecule has 0 aliphatic rings. The number of carbonyl (C=O) groups is 1. The molecule has 0 aliphatic heterocycles. The van der Waals surface area contributed by atoms with E-state index in [1.807, 2.05) is 6.92 Å². The maximum Gasteiger partial charge on any atom is 0.308 e. The van der Waals surface area contributed by atoms with Crippen molar-refractivity contribution in [2.75, 3.05) is 7.11 Å². The monoisotopic (exact) mass is 276 g/mol. The second-order valence-electron chi connectivity index (χ2n) is 4.26. The van der Waals surface area contributed by atoms with Crippen LogP contribution in [-0.2, 0) is 17.6 Å². The molecular weight excluding hydrogens is 260 g/mol. The minimum Gasteiger partial charge on any atom is -0.506 e. The van der Waals surface area contributed by atoms with Crippen LogP contribution in [0.1, 0.15) is 18.2 Å². The highest BCUT2D eigenvalue weighted by atomic mass is 16.5. The summed E-state index contributed by atoms with van der Waals surface area (Å²) in [5.74, 6) is -0.557. The Balaban J connectivity index is 2.62. The summed E-state index contributed by atoms with van der Waals surface area (Å²) in [4.78, 5) is 11.0. The number of aromatic hydroxyl groups is 1. The maximum atomic E-state index is 11.0. The lowest BCUT2D eigenvalue weighted by Gasteiger charge is -2.08. The van der Waals surface area contributed by atoms with Gasteiger partial charge in [-0.15, -0.1) is 0 Å². The third kappa shape index (κ3) is 2.45. The maximum absolute atomic E-state index is 11.0. The lowest BCUT2D eigenvalue weighted by Crippen LogP contribution is -2.04. The number of aliphatic carboxylic acids is 1. The van der Waals surface area contributed by atoms with Gasteiger partial charge in [0.2, 0.25) is 5.88 Å². The highest BCUT2D eigenvalue weighted by Gasteiger charge is 2.21. The normalized spacial score (nSPS) is 10.5. The van der Waals surface area contributed by atoms with Crippen LogP contribution in [0, 0.1) is 0 Å². The predicted molar refractivity (Wildman–Crippen MR) is 72.5 cm³/mol. The van der Waals surface area contributed by atoms with Crippen LogP contribution in [0.2, 0.25) is 0 Å². The van der Waals surface area contributed by atoms with E-state index in [2.05, 4.69) is 5.10 Å². The molecule has 6 nitrogen and oxygen atoms in total. The SMILES string of the molecule is CCc1nn(-c2ccccc2O)c(OC)c1CC(=O)O. The van der Waals surface area contributed by atoms with Crippen molar-refractivity contribution in [2.24, 2.45) is 0 Å². The molecule has 106 valence electrons. The number of phenolic OH excluding ortho intramolecular Hbond substituents is 1. The molecule has 0 unspecified atom stereocenters. The zero-order valence-corrected chi connectivity index (χ0v) is 11.3. The van der Waals surface area contributed by atoms with E-state index in [-0.39, 0.29) is 12.2 Å². The van der Waals surface area contributed by atoms with Gasteiger partial charge in [0.25, 0.3) is 0 Å². The van der Waals surface area contributed by atoms with Crippen LogP contribution >= 0.6 is 0 Å². The van der Waals surface area contributed by atoms with Crippen LogP contribution in [0.25, 0.3) is 5.69 Å². The number of aryl methyl sites for hydroxylation is 1. The highest BCUT2D eigenvalue weighted by Crippen LogP contribution is 2.30. The van der Waals surface area contributed by atoms with E-state index in [1.54, 1.807) is 24.3 Å². The Hall–Kier alpha value is -2.50. The standard InChI is InChI=1S/C14H16N2O4/c1-3-10-9(8-13(18)19)14(20-2)16(15-10)11-6-4-5-7-12(11)17/h4-7,17H,3,8H2,1-2H3,(H,18,19). The summed E-state index contributed by atoms with van der Waals surface area (Å²) < 4.78 is 6.73. The van der Waals surface area contributed by atoms with E-state index in [0.29, 0.717) is 29.2 Å². The van der Waals surface area contributed by atoms with E-state index < -0.39 is 5.97 Å². The van der Waals surface area contributed by atoms with Gasteiger partial charge >= 0.3 is 5.97 Å². The largest absolute Gasteiger partial charge is 0.506 e. The predicted octanol–water partition coefficient (Wildman–Crippen LogP) is 1.78. The Morgan fingerprint density at radius 1 is 1.40 bits per heavy atom. The zero-order chi connectivity index (χ0) is 14.7. The third-order valence-electron chi connectivity index (χ3n) is 2.99. The average Bonchev–Trinajstić information content (AvgIpc) is 2.76. The van der Waals surface area contributed by atoms with Crippen LogP contribution in [0.4, 0.5) is 0 Å². The minimum absolute atomic E-state index is 0.0535. The topological polar surface area (TPSA) is 84.6 Å². The zero-order valence-electron chi connectivity index (χ0n) is 11.3. The highest BCUT2D eigenvalue weighted by molar-refractivity contribution is 5.72. The number of benzene rings is 1. The quantitative estimate of drug-likeness (QED) is 0.869. The number of methoxy groups -OCH3 is 1. The third-order valence-corrected chi connectivity index (χ3v) is 2.99. The second kappa shape index (κ2) is 5.64. The summed E-state index contributed by atoms with van der Waals surface area (Å²) in [7, 11) is 1.46. The smallest absolute Gasteiger partial charge is 0.308 e. The molecule has 1 aromatic heterocycles. The van der Waals surface area contributed by atoms with Gasteiger partial charge in [-0.2, -0.15) is 9.78 Å². The Labute approximate surface area is 116 Å². The molecule has 2 rings (SSSR count). The van der Waals surface area contributed by atoms with Crippen molar-refractivity contribution in [1.29, 1.82) is 0 Å². The summed E-state index contributed by atoms with van der Waals surface area (Å²) in [6, 6.07) is 6.69. The first-order chi connectivity index (χ1) is 9.58. The lowest BCUT2D eigenvalue weighted by molar-refractivity contribution is -0.136. The molecular formula is C14H16N2O4. The van der Waals surface area contributed by atoms with E-state index >= 15 is 0 Å². The van der Waals surface area contributed by atoms with Gasteiger partial charge in [-0.1, -0.05) is 19.1 Å². The summed E-state index contributed by atoms with van der Waals surface area (Å²) >= 11 is 0. The van der Waals surface area contributed by atoms with Crippen LogP contribution in [0.3, 0.4) is 0 Å². The Kier molecular flexibility index (Phi) is 3.93. The fourth-order valence-electron chi connectivity index (χ4n) is 2.11. The molecule has 0 aliphatic carbocycles. The number of nitrogens with zero attached hydrogens (tertiary/aromatic N) is 2. The number of hydrogen-bond donors (Lipinski definition) is 2. The Morgan fingerprint density at radius 2 is 2.10 bits per heavy atom. The number of para-hydroxylation sites is 2. The van der Waals surface area contributed by atoms with Crippen molar-refractivity contribution in [3.63, 3.8) is 0 Å². The molecule has 1 aromatic carbocycles. The van der Waals surface area contributed by atoms with Gasteiger partial charge in [0.05, 0.1) is 19.2 Å². The summed E-state index contributed by atoms with van der Waals surface area (Å²) in [5.41, 5.74) is 1.63.